The number of azo groups is 1. The van der Waals surface area contributed by atoms with Gasteiger partial charge in [-0.15, -0.1) is 15.3 Å². The van der Waals surface area contributed by atoms with Gasteiger partial charge < -0.3 is 10.2 Å². The number of nitrogens with zero attached hydrogens (tertiary/aromatic N) is 4. The maximum atomic E-state index is 12.6. The zero-order valence-corrected chi connectivity index (χ0v) is 20.9. The molecule has 1 heterocycles. The molecule has 1 aromatic heterocycles. The number of H-pyrrole nitrogens is 1. The summed E-state index contributed by atoms with van der Waals surface area (Å²) in [5, 5.41) is 30.4. The van der Waals surface area contributed by atoms with Gasteiger partial charge in [-0.25, -0.2) is 4.79 Å². The maximum Gasteiger partial charge on any atom is 0.373 e. The molecule has 3 rings (SSSR count). The number of carboxylic acid groups (broad SMARTS) is 1. The van der Waals surface area contributed by atoms with Crippen LogP contribution in [0.15, 0.2) is 43.1 Å². The molecule has 0 bridgehead atoms. The van der Waals surface area contributed by atoms with E-state index in [2.05, 4.69) is 20.3 Å². The molecule has 0 aliphatic rings. The number of aromatic hydroxyl groups is 1. The van der Waals surface area contributed by atoms with Crippen molar-refractivity contribution in [3.8, 4) is 5.75 Å². The third-order valence-electron chi connectivity index (χ3n) is 4.58. The summed E-state index contributed by atoms with van der Waals surface area (Å²) < 4.78 is 97.5. The molecule has 0 spiro atoms. The highest BCUT2D eigenvalue weighted by Crippen LogP contribution is 2.44. The van der Waals surface area contributed by atoms with E-state index in [4.69, 9.17) is 9.29 Å². The maximum absolute atomic E-state index is 12.6. The molecule has 20 heteroatoms. The SMILES string of the molecule is CCCCOS(=O)(=O)c1cc(S(=O)(=O)O)c2c(N=Nc3n[nH]c(C(=O)O)n3)c(O)c(S(=O)(=O)O)cc2c1. The fraction of sp³-hybridized carbons (Fsp3) is 0.235. The number of aromatic nitrogens is 3. The van der Waals surface area contributed by atoms with Crippen molar-refractivity contribution in [2.45, 2.75) is 34.5 Å². The molecule has 17 nitrogen and oxygen atoms in total. The highest BCUT2D eigenvalue weighted by atomic mass is 32.2. The number of hydrogen-bond acceptors (Lipinski definition) is 13. The van der Waals surface area contributed by atoms with Crippen LogP contribution in [0, 0.1) is 0 Å². The fourth-order valence-corrected chi connectivity index (χ4v) is 5.38. The molecule has 0 aliphatic heterocycles. The van der Waals surface area contributed by atoms with Crippen molar-refractivity contribution in [2.24, 2.45) is 10.2 Å². The largest absolute Gasteiger partial charge is 0.504 e. The van der Waals surface area contributed by atoms with E-state index in [1.54, 1.807) is 6.92 Å². The number of fused-ring (bicyclic) bond motifs is 1. The van der Waals surface area contributed by atoms with Gasteiger partial charge in [-0.1, -0.05) is 13.3 Å². The number of phenolic OH excluding ortho intramolecular Hbond substituents is 1. The molecular formula is C17H17N5O12S3. The summed E-state index contributed by atoms with van der Waals surface area (Å²) in [6, 6.07) is 1.78. The van der Waals surface area contributed by atoms with Gasteiger partial charge in [0.05, 0.1) is 11.5 Å². The number of phenols is 1. The number of rotatable bonds is 10. The zero-order valence-electron chi connectivity index (χ0n) is 18.4. The second-order valence-corrected chi connectivity index (χ2v) is 11.6. The fourth-order valence-electron chi connectivity index (χ4n) is 2.93. The van der Waals surface area contributed by atoms with Crippen LogP contribution in [0.5, 0.6) is 5.75 Å². The number of carbonyl (C=O) groups is 1. The van der Waals surface area contributed by atoms with Crippen LogP contribution in [0.4, 0.5) is 11.6 Å². The third-order valence-corrected chi connectivity index (χ3v) is 7.62. The average Bonchev–Trinajstić information content (AvgIpc) is 3.25. The van der Waals surface area contributed by atoms with Gasteiger partial charge in [0.15, 0.2) is 5.75 Å². The standard InChI is InChI=1S/C17H17N5O12S3/c1-2-3-4-34-37(32,33)9-5-8-6-11(36(29,30)31)14(23)13(12(8)10(7-9)35(26,27)28)19-21-17-18-15(16(24)25)20-22-17/h5-7,23H,2-4H2,1H3,(H,24,25)(H,18,20,22)(H,26,27,28)(H,29,30,31). The van der Waals surface area contributed by atoms with E-state index in [0.717, 1.165) is 6.07 Å². The van der Waals surface area contributed by atoms with Crippen LogP contribution < -0.4 is 0 Å². The molecule has 3 aromatic rings. The van der Waals surface area contributed by atoms with E-state index in [0.29, 0.717) is 25.0 Å². The first kappa shape index (κ1) is 28.0. The van der Waals surface area contributed by atoms with Crippen molar-refractivity contribution in [2.75, 3.05) is 6.61 Å². The van der Waals surface area contributed by atoms with Gasteiger partial charge in [0.2, 0.25) is 5.82 Å². The summed E-state index contributed by atoms with van der Waals surface area (Å²) in [6.45, 7) is 1.49. The number of benzene rings is 2. The Morgan fingerprint density at radius 2 is 1.68 bits per heavy atom. The second-order valence-electron chi connectivity index (χ2n) is 7.16. The Morgan fingerprint density at radius 3 is 2.22 bits per heavy atom. The second kappa shape index (κ2) is 10.1. The molecular weight excluding hydrogens is 562 g/mol. The molecule has 2 aromatic carbocycles. The topological polar surface area (TPSA) is 276 Å². The first-order valence-electron chi connectivity index (χ1n) is 9.81. The predicted octanol–water partition coefficient (Wildman–Crippen LogP) is 1.78. The minimum atomic E-state index is -5.27. The first-order valence-corrected chi connectivity index (χ1v) is 14.1. The van der Waals surface area contributed by atoms with Gasteiger partial charge in [-0.3, -0.25) is 18.4 Å². The Labute approximate surface area is 208 Å². The van der Waals surface area contributed by atoms with Crippen LogP contribution in [0.1, 0.15) is 30.4 Å². The summed E-state index contributed by atoms with van der Waals surface area (Å²) in [7, 11) is -15.1. The van der Waals surface area contributed by atoms with Gasteiger partial charge in [0, 0.05) is 5.39 Å². The predicted molar refractivity (Wildman–Crippen MR) is 121 cm³/mol. The van der Waals surface area contributed by atoms with Crippen molar-refractivity contribution < 1.29 is 53.5 Å². The van der Waals surface area contributed by atoms with E-state index in [1.807, 2.05) is 5.10 Å². The van der Waals surface area contributed by atoms with Gasteiger partial charge in [0.1, 0.15) is 15.5 Å². The van der Waals surface area contributed by atoms with Crippen LogP contribution in [-0.2, 0) is 34.5 Å². The Balaban J connectivity index is 2.40. The normalized spacial score (nSPS) is 12.9. The molecule has 0 amide bonds. The molecule has 0 fully saturated rings. The van der Waals surface area contributed by atoms with Gasteiger partial charge >= 0.3 is 5.97 Å². The van der Waals surface area contributed by atoms with Crippen molar-refractivity contribution >= 4 is 58.7 Å². The zero-order chi connectivity index (χ0) is 27.8. The van der Waals surface area contributed by atoms with Gasteiger partial charge in [0.25, 0.3) is 36.3 Å². The van der Waals surface area contributed by atoms with Gasteiger partial charge in [-0.2, -0.15) is 30.2 Å². The quantitative estimate of drug-likeness (QED) is 0.0990. The Hall–Kier alpha value is -3.56. The average molecular weight is 580 g/mol. The lowest BCUT2D eigenvalue weighted by atomic mass is 10.1. The van der Waals surface area contributed by atoms with E-state index >= 15 is 0 Å². The number of carboxylic acids is 1. The van der Waals surface area contributed by atoms with Crippen molar-refractivity contribution in [3.05, 3.63) is 24.0 Å². The Kier molecular flexibility index (Phi) is 7.62. The molecule has 200 valence electrons. The molecule has 37 heavy (non-hydrogen) atoms. The van der Waals surface area contributed by atoms with E-state index in [-0.39, 0.29) is 6.61 Å². The van der Waals surface area contributed by atoms with Crippen molar-refractivity contribution in [1.82, 2.24) is 15.2 Å². The van der Waals surface area contributed by atoms with Crippen LogP contribution in [-0.4, -0.2) is 72.3 Å². The van der Waals surface area contributed by atoms with E-state index in [9.17, 15) is 44.3 Å². The monoisotopic (exact) mass is 579 g/mol. The lowest BCUT2D eigenvalue weighted by Gasteiger charge is -2.13. The Morgan fingerprint density at radius 1 is 1.03 bits per heavy atom. The highest BCUT2D eigenvalue weighted by Gasteiger charge is 2.29. The van der Waals surface area contributed by atoms with Crippen molar-refractivity contribution in [3.63, 3.8) is 0 Å². The molecule has 0 aliphatic carbocycles. The Bertz CT molecular complexity index is 1750. The van der Waals surface area contributed by atoms with Crippen LogP contribution in [0.2, 0.25) is 0 Å². The molecule has 0 saturated heterocycles. The number of unbranched alkanes of at least 4 members (excludes halogenated alkanes) is 1. The summed E-state index contributed by atoms with van der Waals surface area (Å²) in [6.07, 6.45) is 0.891. The lowest BCUT2D eigenvalue weighted by Crippen LogP contribution is -2.10. The minimum Gasteiger partial charge on any atom is -0.504 e. The smallest absolute Gasteiger partial charge is 0.373 e. The molecule has 0 unspecified atom stereocenters. The molecule has 5 N–H and O–H groups in total. The minimum absolute atomic E-state index is 0.265. The van der Waals surface area contributed by atoms with Gasteiger partial charge in [-0.05, 0) is 30.0 Å². The van der Waals surface area contributed by atoms with Crippen LogP contribution in [0.25, 0.3) is 10.8 Å². The van der Waals surface area contributed by atoms with E-state index < -0.39 is 85.0 Å². The number of aromatic amines is 1. The molecule has 0 atom stereocenters. The van der Waals surface area contributed by atoms with E-state index in [1.165, 1.54) is 0 Å². The number of aromatic carboxylic acids is 1. The summed E-state index contributed by atoms with van der Waals surface area (Å²) in [5.41, 5.74) is -0.977. The highest BCUT2D eigenvalue weighted by molar-refractivity contribution is 7.87. The number of hydrogen-bond donors (Lipinski definition) is 5. The number of nitrogens with one attached hydrogen (secondary N) is 1. The van der Waals surface area contributed by atoms with Crippen LogP contribution >= 0.6 is 0 Å². The summed E-state index contributed by atoms with van der Waals surface area (Å²) in [4.78, 5) is 11.2. The summed E-state index contributed by atoms with van der Waals surface area (Å²) >= 11 is 0. The lowest BCUT2D eigenvalue weighted by molar-refractivity contribution is 0.0684. The molecule has 0 saturated carbocycles. The molecule has 0 radical (unpaired) electrons. The van der Waals surface area contributed by atoms with Crippen LogP contribution in [0.3, 0.4) is 0 Å². The third kappa shape index (κ3) is 6.06. The first-order chi connectivity index (χ1) is 17.1. The van der Waals surface area contributed by atoms with Crippen molar-refractivity contribution in [1.29, 1.82) is 0 Å². The summed E-state index contributed by atoms with van der Waals surface area (Å²) in [5.74, 6) is -4.20.